The molecular formula is C19H22N2O3S. The number of amides is 1. The Labute approximate surface area is 151 Å². The van der Waals surface area contributed by atoms with Crippen LogP contribution in [0.2, 0.25) is 0 Å². The van der Waals surface area contributed by atoms with Gasteiger partial charge >= 0.3 is 5.97 Å². The zero-order valence-corrected chi connectivity index (χ0v) is 15.3. The van der Waals surface area contributed by atoms with Crippen molar-refractivity contribution in [3.05, 3.63) is 51.7 Å². The number of aryl methyl sites for hydroxylation is 2. The fraction of sp³-hybridized carbons (Fsp3) is 0.368. The molecule has 6 heteroatoms. The molecule has 0 aliphatic carbocycles. The second kappa shape index (κ2) is 7.70. The third-order valence-corrected chi connectivity index (χ3v) is 5.31. The molecule has 1 amide bonds. The molecule has 5 nitrogen and oxygen atoms in total. The van der Waals surface area contributed by atoms with Crippen LogP contribution in [0.1, 0.15) is 20.1 Å². The number of nitrogens with zero attached hydrogens (tertiary/aromatic N) is 2. The molecule has 2 heterocycles. The van der Waals surface area contributed by atoms with Gasteiger partial charge in [-0.05, 0) is 32.0 Å². The van der Waals surface area contributed by atoms with Crippen LogP contribution < -0.4 is 4.90 Å². The van der Waals surface area contributed by atoms with E-state index in [-0.39, 0.29) is 12.5 Å². The molecule has 0 saturated carbocycles. The molecule has 0 N–H and O–H groups in total. The van der Waals surface area contributed by atoms with Gasteiger partial charge in [0.2, 0.25) is 0 Å². The van der Waals surface area contributed by atoms with Crippen molar-refractivity contribution in [2.24, 2.45) is 0 Å². The van der Waals surface area contributed by atoms with Gasteiger partial charge in [0.05, 0.1) is 5.56 Å². The maximum absolute atomic E-state index is 12.3. The van der Waals surface area contributed by atoms with E-state index < -0.39 is 5.97 Å². The van der Waals surface area contributed by atoms with Crippen molar-refractivity contribution in [1.29, 1.82) is 0 Å². The lowest BCUT2D eigenvalue weighted by Gasteiger charge is -2.36. The van der Waals surface area contributed by atoms with Gasteiger partial charge in [0.15, 0.2) is 6.61 Å². The predicted molar refractivity (Wildman–Crippen MR) is 99.3 cm³/mol. The highest BCUT2D eigenvalue weighted by atomic mass is 32.1. The van der Waals surface area contributed by atoms with Gasteiger partial charge in [-0.3, -0.25) is 4.79 Å². The number of carbonyl (C=O) groups is 2. The van der Waals surface area contributed by atoms with Crippen molar-refractivity contribution in [3.8, 4) is 0 Å². The van der Waals surface area contributed by atoms with Gasteiger partial charge in [0.1, 0.15) is 0 Å². The summed E-state index contributed by atoms with van der Waals surface area (Å²) >= 11 is 1.56. The number of hydrogen-bond acceptors (Lipinski definition) is 5. The molecule has 1 aliphatic rings. The van der Waals surface area contributed by atoms with Gasteiger partial charge in [-0.2, -0.15) is 0 Å². The number of rotatable bonds is 4. The molecule has 1 aliphatic heterocycles. The lowest BCUT2D eigenvalue weighted by molar-refractivity contribution is -0.134. The highest BCUT2D eigenvalue weighted by Gasteiger charge is 2.23. The third kappa shape index (κ3) is 4.20. The number of esters is 1. The number of hydrogen-bond donors (Lipinski definition) is 0. The standard InChI is InChI=1S/C19H22N2O3S/c1-14-12-17(15(2)25-14)19(23)24-13-18(22)21-10-8-20(9-11-21)16-6-4-3-5-7-16/h3-7,12H,8-11,13H2,1-2H3. The summed E-state index contributed by atoms with van der Waals surface area (Å²) in [6.07, 6.45) is 0. The van der Waals surface area contributed by atoms with Crippen molar-refractivity contribution in [2.45, 2.75) is 13.8 Å². The van der Waals surface area contributed by atoms with Crippen LogP contribution in [0.25, 0.3) is 0 Å². The van der Waals surface area contributed by atoms with E-state index in [0.29, 0.717) is 18.7 Å². The summed E-state index contributed by atoms with van der Waals surface area (Å²) in [7, 11) is 0. The van der Waals surface area contributed by atoms with E-state index in [4.69, 9.17) is 4.74 Å². The number of ether oxygens (including phenoxy) is 1. The molecular weight excluding hydrogens is 336 g/mol. The molecule has 1 saturated heterocycles. The van der Waals surface area contributed by atoms with Gasteiger partial charge in [-0.15, -0.1) is 11.3 Å². The Morgan fingerprint density at radius 2 is 1.76 bits per heavy atom. The largest absolute Gasteiger partial charge is 0.452 e. The van der Waals surface area contributed by atoms with E-state index in [2.05, 4.69) is 17.0 Å². The summed E-state index contributed by atoms with van der Waals surface area (Å²) in [5, 5.41) is 0. The second-order valence-corrected chi connectivity index (χ2v) is 7.57. The Hall–Kier alpha value is -2.34. The number of thiophene rings is 1. The smallest absolute Gasteiger partial charge is 0.339 e. The van der Waals surface area contributed by atoms with Crippen molar-refractivity contribution >= 4 is 28.9 Å². The van der Waals surface area contributed by atoms with E-state index in [1.54, 1.807) is 16.2 Å². The van der Waals surface area contributed by atoms with Crippen LogP contribution in [0.3, 0.4) is 0 Å². The topological polar surface area (TPSA) is 49.9 Å². The second-order valence-electron chi connectivity index (χ2n) is 6.11. The van der Waals surface area contributed by atoms with Gasteiger partial charge in [0.25, 0.3) is 5.91 Å². The Balaban J connectivity index is 1.48. The molecule has 3 rings (SSSR count). The normalized spacial score (nSPS) is 14.5. The first-order valence-corrected chi connectivity index (χ1v) is 9.18. The summed E-state index contributed by atoms with van der Waals surface area (Å²) in [5.74, 6) is -0.552. The van der Waals surface area contributed by atoms with Gasteiger partial charge in [0, 0.05) is 41.6 Å². The number of carbonyl (C=O) groups excluding carboxylic acids is 2. The fourth-order valence-electron chi connectivity index (χ4n) is 2.98. The van der Waals surface area contributed by atoms with Crippen LogP contribution >= 0.6 is 11.3 Å². The summed E-state index contributed by atoms with van der Waals surface area (Å²) < 4.78 is 5.21. The maximum Gasteiger partial charge on any atom is 0.339 e. The predicted octanol–water partition coefficient (Wildman–Crippen LogP) is 2.87. The van der Waals surface area contributed by atoms with Crippen molar-refractivity contribution in [3.63, 3.8) is 0 Å². The lowest BCUT2D eigenvalue weighted by Crippen LogP contribution is -2.49. The quantitative estimate of drug-likeness (QED) is 0.789. The molecule has 132 valence electrons. The average molecular weight is 358 g/mol. The molecule has 1 fully saturated rings. The van der Waals surface area contributed by atoms with Gasteiger partial charge < -0.3 is 14.5 Å². The summed E-state index contributed by atoms with van der Waals surface area (Å²) in [4.78, 5) is 30.4. The molecule has 0 spiro atoms. The highest BCUT2D eigenvalue weighted by Crippen LogP contribution is 2.21. The van der Waals surface area contributed by atoms with Crippen LogP contribution in [0.4, 0.5) is 5.69 Å². The summed E-state index contributed by atoms with van der Waals surface area (Å²) in [5.41, 5.74) is 1.73. The minimum Gasteiger partial charge on any atom is -0.452 e. The molecule has 2 aromatic rings. The monoisotopic (exact) mass is 358 g/mol. The Morgan fingerprint density at radius 3 is 2.36 bits per heavy atom. The molecule has 0 bridgehead atoms. The van der Waals surface area contributed by atoms with E-state index in [1.807, 2.05) is 38.1 Å². The lowest BCUT2D eigenvalue weighted by atomic mass is 10.2. The molecule has 1 aromatic carbocycles. The van der Waals surface area contributed by atoms with Crippen molar-refractivity contribution in [1.82, 2.24) is 4.90 Å². The van der Waals surface area contributed by atoms with Crippen LogP contribution in [-0.4, -0.2) is 49.6 Å². The summed E-state index contributed by atoms with van der Waals surface area (Å²) in [6, 6.07) is 12.0. The molecule has 0 atom stereocenters. The molecule has 1 aromatic heterocycles. The number of anilines is 1. The number of piperazine rings is 1. The first-order valence-electron chi connectivity index (χ1n) is 8.36. The van der Waals surface area contributed by atoms with Gasteiger partial charge in [-0.25, -0.2) is 4.79 Å². The Kier molecular flexibility index (Phi) is 5.38. The van der Waals surface area contributed by atoms with Crippen LogP contribution in [0.15, 0.2) is 36.4 Å². The van der Waals surface area contributed by atoms with Gasteiger partial charge in [-0.1, -0.05) is 18.2 Å². The Morgan fingerprint density at radius 1 is 1.08 bits per heavy atom. The summed E-state index contributed by atoms with van der Waals surface area (Å²) in [6.45, 7) is 6.49. The Bertz CT molecular complexity index is 749. The number of para-hydroxylation sites is 1. The van der Waals surface area contributed by atoms with Crippen LogP contribution in [-0.2, 0) is 9.53 Å². The van der Waals surface area contributed by atoms with Crippen LogP contribution in [0, 0.1) is 13.8 Å². The first kappa shape index (κ1) is 17.5. The van der Waals surface area contributed by atoms with E-state index in [1.165, 1.54) is 5.69 Å². The number of benzene rings is 1. The molecule has 0 unspecified atom stereocenters. The van der Waals surface area contributed by atoms with E-state index in [0.717, 1.165) is 22.8 Å². The average Bonchev–Trinajstić information content (AvgIpc) is 2.98. The van der Waals surface area contributed by atoms with Crippen molar-refractivity contribution in [2.75, 3.05) is 37.7 Å². The zero-order chi connectivity index (χ0) is 17.8. The minimum atomic E-state index is -0.418. The maximum atomic E-state index is 12.3. The molecule has 25 heavy (non-hydrogen) atoms. The van der Waals surface area contributed by atoms with E-state index in [9.17, 15) is 9.59 Å². The fourth-order valence-corrected chi connectivity index (χ4v) is 3.89. The van der Waals surface area contributed by atoms with E-state index >= 15 is 0 Å². The van der Waals surface area contributed by atoms with Crippen LogP contribution in [0.5, 0.6) is 0 Å². The molecule has 0 radical (unpaired) electrons. The third-order valence-electron chi connectivity index (χ3n) is 4.34. The SMILES string of the molecule is Cc1cc(C(=O)OCC(=O)N2CCN(c3ccccc3)CC2)c(C)s1. The zero-order valence-electron chi connectivity index (χ0n) is 14.5. The van der Waals surface area contributed by atoms with Crippen molar-refractivity contribution < 1.29 is 14.3 Å². The minimum absolute atomic E-state index is 0.134. The highest BCUT2D eigenvalue weighted by molar-refractivity contribution is 7.12. The first-order chi connectivity index (χ1) is 12.0.